The third-order valence-electron chi connectivity index (χ3n) is 4.03. The zero-order valence-corrected chi connectivity index (χ0v) is 13.6. The Kier molecular flexibility index (Phi) is 7.13. The highest BCUT2D eigenvalue weighted by Crippen LogP contribution is 2.08. The van der Waals surface area contributed by atoms with E-state index in [9.17, 15) is 0 Å². The van der Waals surface area contributed by atoms with Gasteiger partial charge in [0.05, 0.1) is 5.69 Å². The number of hydrogen-bond acceptors (Lipinski definition) is 4. The van der Waals surface area contributed by atoms with E-state index in [0.717, 1.165) is 19.6 Å². The molecule has 0 saturated carbocycles. The summed E-state index contributed by atoms with van der Waals surface area (Å²) in [5, 5.41) is 3.41. The molecule has 0 aromatic carbocycles. The molecule has 0 amide bonds. The number of pyridine rings is 1. The number of nitrogens with zero attached hydrogens (tertiary/aromatic N) is 3. The van der Waals surface area contributed by atoms with Crippen molar-refractivity contribution in [3.05, 3.63) is 29.6 Å². The molecule has 1 aliphatic rings. The Morgan fingerprint density at radius 1 is 1.05 bits per heavy atom. The van der Waals surface area contributed by atoms with Gasteiger partial charge in [-0.3, -0.25) is 9.88 Å². The fourth-order valence-electron chi connectivity index (χ4n) is 2.78. The van der Waals surface area contributed by atoms with Crippen LogP contribution in [0.5, 0.6) is 0 Å². The zero-order valence-electron chi connectivity index (χ0n) is 13.6. The number of nitrogens with one attached hydrogen (secondary N) is 1. The minimum atomic E-state index is 0.927. The molecule has 1 N–H and O–H groups in total. The SMILES string of the molecule is CCCNCc1ccc(CN2CCN(CCC)CC2)nc1. The van der Waals surface area contributed by atoms with Gasteiger partial charge in [0, 0.05) is 45.5 Å². The highest BCUT2D eigenvalue weighted by atomic mass is 15.3. The van der Waals surface area contributed by atoms with Crippen LogP contribution in [-0.2, 0) is 13.1 Å². The number of piperazine rings is 1. The van der Waals surface area contributed by atoms with Gasteiger partial charge >= 0.3 is 0 Å². The summed E-state index contributed by atoms with van der Waals surface area (Å²) in [6.07, 6.45) is 4.45. The number of hydrogen-bond donors (Lipinski definition) is 1. The van der Waals surface area contributed by atoms with Gasteiger partial charge in [-0.15, -0.1) is 0 Å². The largest absolute Gasteiger partial charge is 0.313 e. The van der Waals surface area contributed by atoms with E-state index in [1.165, 1.54) is 56.8 Å². The average molecular weight is 290 g/mol. The van der Waals surface area contributed by atoms with E-state index in [4.69, 9.17) is 0 Å². The van der Waals surface area contributed by atoms with Crippen LogP contribution in [0.2, 0.25) is 0 Å². The van der Waals surface area contributed by atoms with Gasteiger partial charge in [0.2, 0.25) is 0 Å². The summed E-state index contributed by atoms with van der Waals surface area (Å²) < 4.78 is 0. The maximum Gasteiger partial charge on any atom is 0.0544 e. The van der Waals surface area contributed by atoms with Crippen molar-refractivity contribution >= 4 is 0 Å². The number of aromatic nitrogens is 1. The van der Waals surface area contributed by atoms with Gasteiger partial charge in [-0.05, 0) is 37.6 Å². The average Bonchev–Trinajstić information content (AvgIpc) is 2.51. The summed E-state index contributed by atoms with van der Waals surface area (Å²) in [6, 6.07) is 4.39. The predicted octanol–water partition coefficient (Wildman–Crippen LogP) is 2.11. The van der Waals surface area contributed by atoms with E-state index in [0.29, 0.717) is 0 Å². The molecule has 0 spiro atoms. The van der Waals surface area contributed by atoms with Crippen LogP contribution < -0.4 is 5.32 Å². The Bertz CT molecular complexity index is 382. The van der Waals surface area contributed by atoms with Crippen LogP contribution in [0.15, 0.2) is 18.3 Å². The summed E-state index contributed by atoms with van der Waals surface area (Å²) in [6.45, 7) is 13.4. The van der Waals surface area contributed by atoms with Gasteiger partial charge in [-0.25, -0.2) is 0 Å². The first-order valence-corrected chi connectivity index (χ1v) is 8.41. The van der Waals surface area contributed by atoms with Gasteiger partial charge in [0.25, 0.3) is 0 Å². The van der Waals surface area contributed by atoms with Crippen LogP contribution >= 0.6 is 0 Å². The first-order chi connectivity index (χ1) is 10.3. The summed E-state index contributed by atoms with van der Waals surface area (Å²) in [5.41, 5.74) is 2.47. The van der Waals surface area contributed by atoms with E-state index >= 15 is 0 Å². The fourth-order valence-corrected chi connectivity index (χ4v) is 2.78. The lowest BCUT2D eigenvalue weighted by Crippen LogP contribution is -2.46. The quantitative estimate of drug-likeness (QED) is 0.743. The van der Waals surface area contributed by atoms with Crippen molar-refractivity contribution in [2.24, 2.45) is 0 Å². The standard InChI is InChI=1S/C17H30N4/c1-3-7-18-13-16-5-6-17(19-14-16)15-21-11-9-20(8-4-2)10-12-21/h5-6,14,18H,3-4,7-13,15H2,1-2H3. The molecule has 0 radical (unpaired) electrons. The molecule has 4 heteroatoms. The minimum Gasteiger partial charge on any atom is -0.313 e. The minimum absolute atomic E-state index is 0.927. The molecule has 21 heavy (non-hydrogen) atoms. The molecule has 0 unspecified atom stereocenters. The molecule has 0 bridgehead atoms. The van der Waals surface area contributed by atoms with Crippen molar-refractivity contribution in [3.63, 3.8) is 0 Å². The smallest absolute Gasteiger partial charge is 0.0544 e. The molecule has 2 rings (SSSR count). The van der Waals surface area contributed by atoms with E-state index < -0.39 is 0 Å². The molecule has 0 atom stereocenters. The second-order valence-electron chi connectivity index (χ2n) is 5.95. The molecule has 1 fully saturated rings. The molecule has 4 nitrogen and oxygen atoms in total. The topological polar surface area (TPSA) is 31.4 Å². The monoisotopic (exact) mass is 290 g/mol. The summed E-state index contributed by atoms with van der Waals surface area (Å²) in [5.74, 6) is 0. The molecule has 2 heterocycles. The Morgan fingerprint density at radius 2 is 1.81 bits per heavy atom. The highest BCUT2D eigenvalue weighted by molar-refractivity contribution is 5.14. The van der Waals surface area contributed by atoms with Crippen LogP contribution in [-0.4, -0.2) is 54.1 Å². The van der Waals surface area contributed by atoms with Gasteiger partial charge < -0.3 is 10.2 Å². The van der Waals surface area contributed by atoms with Gasteiger partial charge in [0.15, 0.2) is 0 Å². The molecule has 1 aromatic rings. The van der Waals surface area contributed by atoms with Crippen LogP contribution in [0.4, 0.5) is 0 Å². The fraction of sp³-hybridized carbons (Fsp3) is 0.706. The van der Waals surface area contributed by atoms with Gasteiger partial charge in [-0.1, -0.05) is 19.9 Å². The lowest BCUT2D eigenvalue weighted by Gasteiger charge is -2.34. The van der Waals surface area contributed by atoms with Crippen molar-refractivity contribution in [2.75, 3.05) is 39.3 Å². The molecule has 1 saturated heterocycles. The van der Waals surface area contributed by atoms with E-state index in [-0.39, 0.29) is 0 Å². The molecule has 118 valence electrons. The van der Waals surface area contributed by atoms with E-state index in [1.807, 2.05) is 6.20 Å². The van der Waals surface area contributed by atoms with E-state index in [1.54, 1.807) is 0 Å². The van der Waals surface area contributed by atoms with Crippen molar-refractivity contribution in [1.29, 1.82) is 0 Å². The van der Waals surface area contributed by atoms with Crippen LogP contribution in [0.1, 0.15) is 37.9 Å². The van der Waals surface area contributed by atoms with Crippen LogP contribution in [0.3, 0.4) is 0 Å². The molecular weight excluding hydrogens is 260 g/mol. The zero-order chi connectivity index (χ0) is 14.9. The Morgan fingerprint density at radius 3 is 2.43 bits per heavy atom. The Balaban J connectivity index is 1.73. The second-order valence-corrected chi connectivity index (χ2v) is 5.95. The first-order valence-electron chi connectivity index (χ1n) is 8.41. The van der Waals surface area contributed by atoms with Crippen molar-refractivity contribution < 1.29 is 0 Å². The summed E-state index contributed by atoms with van der Waals surface area (Å²) in [4.78, 5) is 9.69. The molecule has 1 aliphatic heterocycles. The molecule has 1 aromatic heterocycles. The summed E-state index contributed by atoms with van der Waals surface area (Å²) >= 11 is 0. The lowest BCUT2D eigenvalue weighted by atomic mass is 10.2. The van der Waals surface area contributed by atoms with Crippen molar-refractivity contribution in [2.45, 2.75) is 39.8 Å². The Hall–Kier alpha value is -0.970. The third-order valence-corrected chi connectivity index (χ3v) is 4.03. The second kappa shape index (κ2) is 9.13. The van der Waals surface area contributed by atoms with Crippen LogP contribution in [0, 0.1) is 0 Å². The van der Waals surface area contributed by atoms with E-state index in [2.05, 4.69) is 46.1 Å². The Labute approximate surface area is 129 Å². The molecule has 0 aliphatic carbocycles. The van der Waals surface area contributed by atoms with Crippen LogP contribution in [0.25, 0.3) is 0 Å². The number of rotatable bonds is 8. The summed E-state index contributed by atoms with van der Waals surface area (Å²) in [7, 11) is 0. The van der Waals surface area contributed by atoms with Crippen molar-refractivity contribution in [1.82, 2.24) is 20.1 Å². The lowest BCUT2D eigenvalue weighted by molar-refractivity contribution is 0.126. The predicted molar refractivity (Wildman–Crippen MR) is 88.2 cm³/mol. The normalized spacial score (nSPS) is 17.2. The first kappa shape index (κ1) is 16.4. The third kappa shape index (κ3) is 5.73. The maximum atomic E-state index is 4.61. The van der Waals surface area contributed by atoms with Gasteiger partial charge in [-0.2, -0.15) is 0 Å². The van der Waals surface area contributed by atoms with Crippen molar-refractivity contribution in [3.8, 4) is 0 Å². The maximum absolute atomic E-state index is 4.61. The molecular formula is C17H30N4. The van der Waals surface area contributed by atoms with Gasteiger partial charge in [0.1, 0.15) is 0 Å². The highest BCUT2D eigenvalue weighted by Gasteiger charge is 2.16.